The van der Waals surface area contributed by atoms with E-state index >= 15 is 0 Å². The Bertz CT molecular complexity index is 540. The second-order valence-corrected chi connectivity index (χ2v) is 6.66. The van der Waals surface area contributed by atoms with E-state index in [1.165, 1.54) is 13.0 Å². The average Bonchev–Trinajstić information content (AvgIpc) is 2.72. The lowest BCUT2D eigenvalue weighted by molar-refractivity contribution is 0.0372. The molecule has 144 valence electrons. The standard InChI is InChI=1S/C18H31N7O/c1-19-17(20-5-2-3-8-23-13-15-26-16-14-23)24-9-11-25(12-10-24)18-21-6-4-7-22-18/h4,6-7H,2-3,5,8-16H2,1H3,(H,19,20). The van der Waals surface area contributed by atoms with Gasteiger partial charge in [-0.05, 0) is 25.5 Å². The number of unbranched alkanes of at least 4 members (excludes halogenated alkanes) is 1. The predicted molar refractivity (Wildman–Crippen MR) is 104 cm³/mol. The monoisotopic (exact) mass is 361 g/mol. The van der Waals surface area contributed by atoms with Gasteiger partial charge in [0.2, 0.25) is 5.95 Å². The number of hydrogen-bond donors (Lipinski definition) is 1. The summed E-state index contributed by atoms with van der Waals surface area (Å²) in [5.41, 5.74) is 0. The molecule has 2 aliphatic rings. The lowest BCUT2D eigenvalue weighted by Gasteiger charge is -2.36. The van der Waals surface area contributed by atoms with Crippen molar-refractivity contribution in [3.05, 3.63) is 18.5 Å². The molecule has 0 amide bonds. The first kappa shape index (κ1) is 18.8. The second-order valence-electron chi connectivity index (χ2n) is 6.66. The van der Waals surface area contributed by atoms with Gasteiger partial charge in [0.25, 0.3) is 0 Å². The zero-order chi connectivity index (χ0) is 18.0. The molecule has 2 saturated heterocycles. The van der Waals surface area contributed by atoms with Crippen LogP contribution in [-0.4, -0.2) is 98.3 Å². The van der Waals surface area contributed by atoms with Crippen LogP contribution < -0.4 is 10.2 Å². The Hall–Kier alpha value is -1.93. The topological polar surface area (TPSA) is 69.1 Å². The highest BCUT2D eigenvalue weighted by Crippen LogP contribution is 2.09. The molecule has 0 radical (unpaired) electrons. The van der Waals surface area contributed by atoms with Gasteiger partial charge in [-0.2, -0.15) is 0 Å². The fourth-order valence-corrected chi connectivity index (χ4v) is 3.39. The van der Waals surface area contributed by atoms with E-state index in [0.29, 0.717) is 0 Å². The van der Waals surface area contributed by atoms with Crippen molar-refractivity contribution >= 4 is 11.9 Å². The maximum Gasteiger partial charge on any atom is 0.225 e. The molecule has 2 aliphatic heterocycles. The van der Waals surface area contributed by atoms with Gasteiger partial charge >= 0.3 is 0 Å². The molecular weight excluding hydrogens is 330 g/mol. The lowest BCUT2D eigenvalue weighted by atomic mass is 10.2. The maximum absolute atomic E-state index is 5.39. The van der Waals surface area contributed by atoms with Crippen molar-refractivity contribution in [2.75, 3.05) is 77.5 Å². The molecule has 3 rings (SSSR count). The van der Waals surface area contributed by atoms with Crippen molar-refractivity contribution in [2.45, 2.75) is 12.8 Å². The van der Waals surface area contributed by atoms with Gasteiger partial charge in [0.05, 0.1) is 13.2 Å². The number of nitrogens with zero attached hydrogens (tertiary/aromatic N) is 6. The van der Waals surface area contributed by atoms with Gasteiger partial charge in [-0.15, -0.1) is 0 Å². The Morgan fingerprint density at radius 1 is 1.08 bits per heavy atom. The first-order valence-electron chi connectivity index (χ1n) is 9.64. The molecule has 1 aromatic rings. The van der Waals surface area contributed by atoms with Crippen molar-refractivity contribution in [1.82, 2.24) is 25.1 Å². The van der Waals surface area contributed by atoms with Crippen LogP contribution in [0.25, 0.3) is 0 Å². The summed E-state index contributed by atoms with van der Waals surface area (Å²) in [6.45, 7) is 9.75. The van der Waals surface area contributed by atoms with Crippen LogP contribution in [0, 0.1) is 0 Å². The first-order chi connectivity index (χ1) is 12.9. The number of hydrogen-bond acceptors (Lipinski definition) is 6. The van der Waals surface area contributed by atoms with Crippen LogP contribution in [0.15, 0.2) is 23.5 Å². The third kappa shape index (κ3) is 5.54. The summed E-state index contributed by atoms with van der Waals surface area (Å²) in [5, 5.41) is 3.51. The quantitative estimate of drug-likeness (QED) is 0.444. The minimum Gasteiger partial charge on any atom is -0.379 e. The molecule has 0 spiro atoms. The number of piperazine rings is 1. The fourth-order valence-electron chi connectivity index (χ4n) is 3.39. The van der Waals surface area contributed by atoms with E-state index in [-0.39, 0.29) is 0 Å². The third-order valence-corrected chi connectivity index (χ3v) is 4.91. The third-order valence-electron chi connectivity index (χ3n) is 4.91. The molecule has 8 heteroatoms. The van der Waals surface area contributed by atoms with Gasteiger partial charge in [-0.1, -0.05) is 0 Å². The summed E-state index contributed by atoms with van der Waals surface area (Å²) in [7, 11) is 1.86. The Labute approximate surface area is 156 Å². The molecule has 1 aromatic heterocycles. The molecule has 0 aliphatic carbocycles. The van der Waals surface area contributed by atoms with Crippen molar-refractivity contribution in [1.29, 1.82) is 0 Å². The van der Waals surface area contributed by atoms with Gasteiger partial charge in [0.1, 0.15) is 0 Å². The smallest absolute Gasteiger partial charge is 0.225 e. The van der Waals surface area contributed by atoms with Crippen LogP contribution in [0.3, 0.4) is 0 Å². The molecule has 0 saturated carbocycles. The first-order valence-corrected chi connectivity index (χ1v) is 9.64. The zero-order valence-electron chi connectivity index (χ0n) is 15.8. The van der Waals surface area contributed by atoms with Gasteiger partial charge < -0.3 is 19.9 Å². The molecule has 0 aromatic carbocycles. The summed E-state index contributed by atoms with van der Waals surface area (Å²) < 4.78 is 5.39. The summed E-state index contributed by atoms with van der Waals surface area (Å²) in [6, 6.07) is 1.85. The largest absolute Gasteiger partial charge is 0.379 e. The molecule has 0 unspecified atom stereocenters. The van der Waals surface area contributed by atoms with Crippen molar-refractivity contribution < 1.29 is 4.74 Å². The molecule has 2 fully saturated rings. The number of morpholine rings is 1. The highest BCUT2D eigenvalue weighted by molar-refractivity contribution is 5.80. The lowest BCUT2D eigenvalue weighted by Crippen LogP contribution is -2.53. The highest BCUT2D eigenvalue weighted by Gasteiger charge is 2.20. The van der Waals surface area contributed by atoms with Gasteiger partial charge in [0, 0.05) is 65.3 Å². The predicted octanol–water partition coefficient (Wildman–Crippen LogP) is 0.286. The van der Waals surface area contributed by atoms with Crippen molar-refractivity contribution in [3.8, 4) is 0 Å². The Balaban J connectivity index is 1.33. The van der Waals surface area contributed by atoms with Crippen molar-refractivity contribution in [3.63, 3.8) is 0 Å². The fraction of sp³-hybridized carbons (Fsp3) is 0.722. The van der Waals surface area contributed by atoms with E-state index in [2.05, 4.69) is 35.0 Å². The minimum atomic E-state index is 0.818. The molecule has 3 heterocycles. The van der Waals surface area contributed by atoms with E-state index in [0.717, 1.165) is 77.4 Å². The van der Waals surface area contributed by atoms with E-state index in [9.17, 15) is 0 Å². The number of aromatic nitrogens is 2. The molecular formula is C18H31N7O. The highest BCUT2D eigenvalue weighted by atomic mass is 16.5. The number of guanidine groups is 1. The van der Waals surface area contributed by atoms with Gasteiger partial charge in [-0.3, -0.25) is 9.89 Å². The average molecular weight is 361 g/mol. The summed E-state index contributed by atoms with van der Waals surface area (Å²) >= 11 is 0. The van der Waals surface area contributed by atoms with Gasteiger partial charge in [-0.25, -0.2) is 9.97 Å². The Morgan fingerprint density at radius 2 is 1.81 bits per heavy atom. The molecule has 0 atom stereocenters. The number of nitrogens with one attached hydrogen (secondary N) is 1. The van der Waals surface area contributed by atoms with Crippen LogP contribution in [0.5, 0.6) is 0 Å². The van der Waals surface area contributed by atoms with E-state index < -0.39 is 0 Å². The van der Waals surface area contributed by atoms with E-state index in [1.807, 2.05) is 13.1 Å². The summed E-state index contributed by atoms with van der Waals surface area (Å²) in [5.74, 6) is 1.82. The number of ether oxygens (including phenoxy) is 1. The van der Waals surface area contributed by atoms with Crippen LogP contribution in [0.2, 0.25) is 0 Å². The van der Waals surface area contributed by atoms with Gasteiger partial charge in [0.15, 0.2) is 5.96 Å². The minimum absolute atomic E-state index is 0.818. The van der Waals surface area contributed by atoms with Crippen LogP contribution in [0.1, 0.15) is 12.8 Å². The number of aliphatic imine (C=N–C) groups is 1. The molecule has 1 N–H and O–H groups in total. The number of rotatable bonds is 6. The zero-order valence-corrected chi connectivity index (χ0v) is 15.8. The van der Waals surface area contributed by atoms with E-state index in [4.69, 9.17) is 4.74 Å². The normalized spacial score (nSPS) is 19.7. The Kier molecular flexibility index (Phi) is 7.45. The molecule has 8 nitrogen and oxygen atoms in total. The van der Waals surface area contributed by atoms with Crippen LogP contribution in [0.4, 0.5) is 5.95 Å². The summed E-state index contributed by atoms with van der Waals surface area (Å²) in [6.07, 6.45) is 5.97. The molecule has 26 heavy (non-hydrogen) atoms. The SMILES string of the molecule is CN=C(NCCCCN1CCOCC1)N1CCN(c2ncccn2)CC1. The Morgan fingerprint density at radius 3 is 2.50 bits per heavy atom. The maximum atomic E-state index is 5.39. The molecule has 0 bridgehead atoms. The number of anilines is 1. The van der Waals surface area contributed by atoms with Crippen molar-refractivity contribution in [2.24, 2.45) is 4.99 Å². The second kappa shape index (κ2) is 10.3. The summed E-state index contributed by atoms with van der Waals surface area (Å²) in [4.78, 5) is 20.2. The van der Waals surface area contributed by atoms with Crippen LogP contribution in [-0.2, 0) is 4.74 Å². The van der Waals surface area contributed by atoms with Crippen LogP contribution >= 0.6 is 0 Å². The van der Waals surface area contributed by atoms with E-state index in [1.54, 1.807) is 12.4 Å².